The molecule has 0 N–H and O–H groups in total. The molecule has 0 spiro atoms. The second kappa shape index (κ2) is 10.3. The molecular formula is C29H30N2O2. The SMILES string of the molecule is C#CCOc1ccc2c(c1)C(c1ccc(C(C)C)cc1)=NCN2Cc1ccccc1OCC. The van der Waals surface area contributed by atoms with Gasteiger partial charge in [-0.25, -0.2) is 0 Å². The van der Waals surface area contributed by atoms with Gasteiger partial charge in [-0.05, 0) is 42.7 Å². The summed E-state index contributed by atoms with van der Waals surface area (Å²) in [5.74, 6) is 4.69. The highest BCUT2D eigenvalue weighted by atomic mass is 16.5. The van der Waals surface area contributed by atoms with Crippen LogP contribution in [0.2, 0.25) is 0 Å². The average Bonchev–Trinajstić information content (AvgIpc) is 2.84. The molecule has 0 saturated carbocycles. The predicted octanol–water partition coefficient (Wildman–Crippen LogP) is 6.04. The molecule has 1 heterocycles. The normalized spacial score (nSPS) is 12.7. The van der Waals surface area contributed by atoms with Crippen molar-refractivity contribution in [2.24, 2.45) is 4.99 Å². The molecule has 0 unspecified atom stereocenters. The van der Waals surface area contributed by atoms with Crippen LogP contribution in [0.1, 0.15) is 48.9 Å². The number of para-hydroxylation sites is 1. The van der Waals surface area contributed by atoms with E-state index in [2.05, 4.69) is 61.1 Å². The average molecular weight is 439 g/mol. The fourth-order valence-corrected chi connectivity index (χ4v) is 4.06. The zero-order chi connectivity index (χ0) is 23.2. The number of nitrogens with zero attached hydrogens (tertiary/aromatic N) is 2. The fraction of sp³-hybridized carbons (Fsp3) is 0.276. The van der Waals surface area contributed by atoms with Gasteiger partial charge in [-0.3, -0.25) is 4.99 Å². The topological polar surface area (TPSA) is 34.1 Å². The third-order valence-electron chi connectivity index (χ3n) is 5.77. The lowest BCUT2D eigenvalue weighted by Gasteiger charge is -2.31. The monoisotopic (exact) mass is 438 g/mol. The minimum atomic E-state index is 0.236. The van der Waals surface area contributed by atoms with Gasteiger partial charge in [0.1, 0.15) is 24.8 Å². The molecule has 0 fully saturated rings. The van der Waals surface area contributed by atoms with Crippen molar-refractivity contribution < 1.29 is 9.47 Å². The fourth-order valence-electron chi connectivity index (χ4n) is 4.06. The van der Waals surface area contributed by atoms with E-state index in [1.807, 2.05) is 37.3 Å². The number of aliphatic imine (C=N–C) groups is 1. The zero-order valence-corrected chi connectivity index (χ0v) is 19.5. The molecule has 0 aromatic heterocycles. The Morgan fingerprint density at radius 3 is 2.55 bits per heavy atom. The summed E-state index contributed by atoms with van der Waals surface area (Å²) < 4.78 is 11.6. The molecule has 3 aromatic carbocycles. The Bertz CT molecular complexity index is 1170. The molecule has 4 rings (SSSR count). The van der Waals surface area contributed by atoms with E-state index < -0.39 is 0 Å². The minimum absolute atomic E-state index is 0.236. The smallest absolute Gasteiger partial charge is 0.148 e. The molecule has 0 bridgehead atoms. The molecule has 1 aliphatic heterocycles. The van der Waals surface area contributed by atoms with Crippen molar-refractivity contribution in [1.29, 1.82) is 0 Å². The second-order valence-electron chi connectivity index (χ2n) is 8.34. The molecule has 0 atom stereocenters. The quantitative estimate of drug-likeness (QED) is 0.402. The van der Waals surface area contributed by atoms with E-state index in [-0.39, 0.29) is 6.61 Å². The lowest BCUT2D eigenvalue weighted by Crippen LogP contribution is -2.30. The van der Waals surface area contributed by atoms with Gasteiger partial charge in [-0.2, -0.15) is 0 Å². The lowest BCUT2D eigenvalue weighted by molar-refractivity contribution is 0.336. The van der Waals surface area contributed by atoms with Gasteiger partial charge in [-0.1, -0.05) is 62.2 Å². The summed E-state index contributed by atoms with van der Waals surface area (Å²) in [6.45, 7) is 8.56. The molecule has 0 amide bonds. The number of hydrogen-bond acceptors (Lipinski definition) is 4. The van der Waals surface area contributed by atoms with E-state index in [1.54, 1.807) is 0 Å². The zero-order valence-electron chi connectivity index (χ0n) is 19.5. The summed E-state index contributed by atoms with van der Waals surface area (Å²) >= 11 is 0. The second-order valence-corrected chi connectivity index (χ2v) is 8.34. The van der Waals surface area contributed by atoms with Crippen molar-refractivity contribution in [1.82, 2.24) is 0 Å². The molecular weight excluding hydrogens is 408 g/mol. The van der Waals surface area contributed by atoms with E-state index in [1.165, 1.54) is 5.56 Å². The molecule has 3 aromatic rings. The standard InChI is InChI=1S/C29H30N2O2/c1-5-17-33-25-15-16-27-26(18-25)29(23-13-11-22(12-14-23)21(3)4)30-20-31(27)19-24-9-7-8-10-28(24)32-6-2/h1,7-16,18,21H,6,17,19-20H2,2-4H3. The van der Waals surface area contributed by atoms with Crippen LogP contribution >= 0.6 is 0 Å². The lowest BCUT2D eigenvalue weighted by atomic mass is 9.95. The Morgan fingerprint density at radius 2 is 1.82 bits per heavy atom. The number of rotatable bonds is 8. The van der Waals surface area contributed by atoms with Gasteiger partial charge < -0.3 is 14.4 Å². The van der Waals surface area contributed by atoms with Crippen LogP contribution in [0.5, 0.6) is 11.5 Å². The number of anilines is 1. The highest BCUT2D eigenvalue weighted by molar-refractivity contribution is 6.17. The molecule has 0 aliphatic carbocycles. The first-order chi connectivity index (χ1) is 16.1. The number of ether oxygens (including phenoxy) is 2. The van der Waals surface area contributed by atoms with Crippen molar-refractivity contribution >= 4 is 11.4 Å². The van der Waals surface area contributed by atoms with Gasteiger partial charge in [0.05, 0.1) is 12.3 Å². The van der Waals surface area contributed by atoms with Crippen molar-refractivity contribution in [2.75, 3.05) is 24.8 Å². The maximum absolute atomic E-state index is 5.85. The van der Waals surface area contributed by atoms with Crippen molar-refractivity contribution in [2.45, 2.75) is 33.2 Å². The highest BCUT2D eigenvalue weighted by Gasteiger charge is 2.23. The molecule has 168 valence electrons. The highest BCUT2D eigenvalue weighted by Crippen LogP contribution is 2.34. The van der Waals surface area contributed by atoms with Gasteiger partial charge in [0.15, 0.2) is 0 Å². The summed E-state index contributed by atoms with van der Waals surface area (Å²) in [6.07, 6.45) is 5.40. The number of benzene rings is 3. The maximum Gasteiger partial charge on any atom is 0.148 e. The van der Waals surface area contributed by atoms with E-state index in [9.17, 15) is 0 Å². The number of fused-ring (bicyclic) bond motifs is 1. The van der Waals surface area contributed by atoms with Crippen LogP contribution in [0, 0.1) is 12.3 Å². The van der Waals surface area contributed by atoms with Crippen molar-refractivity contribution in [3.8, 4) is 23.8 Å². The van der Waals surface area contributed by atoms with Crippen molar-refractivity contribution in [3.05, 3.63) is 89.0 Å². The van der Waals surface area contributed by atoms with Gasteiger partial charge >= 0.3 is 0 Å². The minimum Gasteiger partial charge on any atom is -0.494 e. The van der Waals surface area contributed by atoms with Crippen LogP contribution in [0.25, 0.3) is 0 Å². The van der Waals surface area contributed by atoms with Crippen LogP contribution in [-0.2, 0) is 6.54 Å². The summed E-state index contributed by atoms with van der Waals surface area (Å²) in [6, 6.07) is 23.0. The van der Waals surface area contributed by atoms with Crippen molar-refractivity contribution in [3.63, 3.8) is 0 Å². The summed E-state index contributed by atoms with van der Waals surface area (Å²) in [5.41, 5.74) is 6.69. The number of terminal acetylenes is 1. The third kappa shape index (κ3) is 5.04. The first-order valence-corrected chi connectivity index (χ1v) is 11.4. The van der Waals surface area contributed by atoms with Crippen LogP contribution in [0.15, 0.2) is 71.7 Å². The van der Waals surface area contributed by atoms with Gasteiger partial charge in [-0.15, -0.1) is 6.42 Å². The Balaban J connectivity index is 1.71. The van der Waals surface area contributed by atoms with E-state index in [0.717, 1.165) is 39.6 Å². The molecule has 0 radical (unpaired) electrons. The summed E-state index contributed by atoms with van der Waals surface area (Å²) in [4.78, 5) is 7.26. The maximum atomic E-state index is 5.85. The largest absolute Gasteiger partial charge is 0.494 e. The number of hydrogen-bond donors (Lipinski definition) is 0. The molecule has 4 nitrogen and oxygen atoms in total. The Kier molecular flexibility index (Phi) is 7.00. The summed E-state index contributed by atoms with van der Waals surface area (Å²) in [7, 11) is 0. The van der Waals surface area contributed by atoms with E-state index in [0.29, 0.717) is 25.7 Å². The first kappa shape index (κ1) is 22.5. The Hall–Kier alpha value is -3.71. The van der Waals surface area contributed by atoms with Gasteiger partial charge in [0.25, 0.3) is 0 Å². The Morgan fingerprint density at radius 1 is 1.03 bits per heavy atom. The Labute approximate surface area is 196 Å². The van der Waals surface area contributed by atoms with Crippen LogP contribution in [0.4, 0.5) is 5.69 Å². The van der Waals surface area contributed by atoms with E-state index >= 15 is 0 Å². The molecule has 0 saturated heterocycles. The third-order valence-corrected chi connectivity index (χ3v) is 5.77. The molecule has 4 heteroatoms. The van der Waals surface area contributed by atoms with Gasteiger partial charge in [0, 0.05) is 28.9 Å². The molecule has 33 heavy (non-hydrogen) atoms. The van der Waals surface area contributed by atoms with Crippen LogP contribution in [-0.4, -0.2) is 25.6 Å². The first-order valence-electron chi connectivity index (χ1n) is 11.4. The predicted molar refractivity (Wildman–Crippen MR) is 136 cm³/mol. The van der Waals surface area contributed by atoms with E-state index in [4.69, 9.17) is 20.9 Å². The molecule has 1 aliphatic rings. The van der Waals surface area contributed by atoms with Crippen LogP contribution < -0.4 is 14.4 Å². The summed E-state index contributed by atoms with van der Waals surface area (Å²) in [5, 5.41) is 0. The van der Waals surface area contributed by atoms with Gasteiger partial charge in [0.2, 0.25) is 0 Å². The van der Waals surface area contributed by atoms with Crippen LogP contribution in [0.3, 0.4) is 0 Å².